The van der Waals surface area contributed by atoms with Crippen LogP contribution in [0.4, 0.5) is 33.6 Å². The number of benzene rings is 1. The van der Waals surface area contributed by atoms with Gasteiger partial charge in [-0.05, 0) is 30.7 Å². The normalized spacial score (nSPS) is 16.0. The lowest BCUT2D eigenvalue weighted by Crippen LogP contribution is -2.42. The average Bonchev–Trinajstić information content (AvgIpc) is 3.46. The first-order chi connectivity index (χ1) is 19.5. The highest BCUT2D eigenvalue weighted by Gasteiger charge is 2.38. The van der Waals surface area contributed by atoms with Gasteiger partial charge in [-0.15, -0.1) is 0 Å². The number of pyridine rings is 1. The van der Waals surface area contributed by atoms with E-state index in [2.05, 4.69) is 25.4 Å². The van der Waals surface area contributed by atoms with E-state index in [1.807, 2.05) is 0 Å². The first kappa shape index (κ1) is 27.1. The van der Waals surface area contributed by atoms with Crippen molar-refractivity contribution in [2.24, 2.45) is 7.05 Å². The standard InChI is InChI=1S/C26H22ClF5N8O/c1-38-22-21(27)20(41-19-12-35-40-8-6-33-10-18(19)40)11-34-23(22)37-24(38)36-16-4-3-15(17(9-16)26(30,31)32)13-39-7-2-5-25(28,29)14-39/h3-4,6,8-12H,2,5,7,13-14H2,1H3,(H,34,36,37). The lowest BCUT2D eigenvalue weighted by Gasteiger charge is -2.33. The Kier molecular flexibility index (Phi) is 6.69. The second-order valence-electron chi connectivity index (χ2n) is 9.78. The van der Waals surface area contributed by atoms with Crippen LogP contribution in [0.1, 0.15) is 24.0 Å². The van der Waals surface area contributed by atoms with E-state index in [-0.39, 0.29) is 53.0 Å². The van der Waals surface area contributed by atoms with Crippen LogP contribution in [0.3, 0.4) is 0 Å². The van der Waals surface area contributed by atoms with Crippen LogP contribution in [0, 0.1) is 0 Å². The van der Waals surface area contributed by atoms with E-state index < -0.39 is 24.2 Å². The van der Waals surface area contributed by atoms with E-state index in [9.17, 15) is 22.0 Å². The lowest BCUT2D eigenvalue weighted by molar-refractivity contribution is -0.138. The molecule has 1 aliphatic rings. The number of anilines is 2. The van der Waals surface area contributed by atoms with Gasteiger partial charge in [-0.25, -0.2) is 18.3 Å². The molecule has 0 atom stereocenters. The highest BCUT2D eigenvalue weighted by molar-refractivity contribution is 6.36. The molecule has 15 heteroatoms. The molecular weight excluding hydrogens is 571 g/mol. The molecule has 4 aromatic heterocycles. The van der Waals surface area contributed by atoms with Crippen molar-refractivity contribution in [1.82, 2.24) is 34.0 Å². The van der Waals surface area contributed by atoms with E-state index >= 15 is 0 Å². The molecule has 214 valence electrons. The molecule has 1 aliphatic heterocycles. The van der Waals surface area contributed by atoms with Gasteiger partial charge in [0.25, 0.3) is 5.92 Å². The summed E-state index contributed by atoms with van der Waals surface area (Å²) in [6.45, 7) is -0.500. The molecule has 1 fully saturated rings. The molecule has 0 radical (unpaired) electrons. The maximum Gasteiger partial charge on any atom is 0.416 e. The minimum absolute atomic E-state index is 0.0832. The zero-order valence-electron chi connectivity index (χ0n) is 21.5. The summed E-state index contributed by atoms with van der Waals surface area (Å²) in [4.78, 5) is 14.1. The van der Waals surface area contributed by atoms with Crippen molar-refractivity contribution in [2.45, 2.75) is 31.5 Å². The number of halogens is 6. The number of aromatic nitrogens is 6. The predicted molar refractivity (Wildman–Crippen MR) is 141 cm³/mol. The number of alkyl halides is 5. The molecule has 0 aliphatic carbocycles. The van der Waals surface area contributed by atoms with Crippen molar-refractivity contribution in [2.75, 3.05) is 18.4 Å². The van der Waals surface area contributed by atoms with Gasteiger partial charge in [-0.3, -0.25) is 9.88 Å². The van der Waals surface area contributed by atoms with Crippen LogP contribution >= 0.6 is 11.6 Å². The monoisotopic (exact) mass is 592 g/mol. The topological polar surface area (TPSA) is 85.4 Å². The number of rotatable bonds is 6. The number of hydrogen-bond donors (Lipinski definition) is 1. The van der Waals surface area contributed by atoms with E-state index in [4.69, 9.17) is 16.3 Å². The van der Waals surface area contributed by atoms with Crippen LogP contribution in [0.2, 0.25) is 5.02 Å². The third-order valence-electron chi connectivity index (χ3n) is 6.85. The minimum atomic E-state index is -4.69. The Bertz CT molecular complexity index is 1750. The number of ether oxygens (including phenoxy) is 1. The number of imidazole rings is 1. The van der Waals surface area contributed by atoms with Gasteiger partial charge in [-0.1, -0.05) is 17.7 Å². The molecule has 1 N–H and O–H groups in total. The van der Waals surface area contributed by atoms with Crippen molar-refractivity contribution < 1.29 is 26.7 Å². The molecule has 0 saturated carbocycles. The number of aryl methyl sites for hydroxylation is 1. The summed E-state index contributed by atoms with van der Waals surface area (Å²) in [5.74, 6) is -2.11. The van der Waals surface area contributed by atoms with Crippen LogP contribution in [-0.2, 0) is 19.8 Å². The van der Waals surface area contributed by atoms with Crippen molar-refractivity contribution >= 4 is 39.9 Å². The number of nitrogens with one attached hydrogen (secondary N) is 1. The Morgan fingerprint density at radius 3 is 2.76 bits per heavy atom. The summed E-state index contributed by atoms with van der Waals surface area (Å²) in [5, 5.41) is 7.27. The molecule has 5 aromatic rings. The third kappa shape index (κ3) is 5.36. The Morgan fingerprint density at radius 2 is 1.98 bits per heavy atom. The molecule has 0 unspecified atom stereocenters. The summed E-state index contributed by atoms with van der Waals surface area (Å²) in [6.07, 6.45) is 2.98. The SMILES string of the molecule is Cn1c(Nc2ccc(CN3CCCC(F)(F)C3)c(C(F)(F)F)c2)nc2ncc(Oc3cnn4ccncc34)c(Cl)c21. The van der Waals surface area contributed by atoms with Crippen LogP contribution in [0.5, 0.6) is 11.5 Å². The van der Waals surface area contributed by atoms with E-state index in [1.54, 1.807) is 34.7 Å². The maximum absolute atomic E-state index is 14.0. The molecule has 5 heterocycles. The van der Waals surface area contributed by atoms with Gasteiger partial charge in [0.2, 0.25) is 5.95 Å². The molecule has 1 aromatic carbocycles. The number of likely N-dealkylation sites (tertiary alicyclic amines) is 1. The summed E-state index contributed by atoms with van der Waals surface area (Å²) in [6, 6.07) is 3.69. The van der Waals surface area contributed by atoms with Crippen molar-refractivity contribution in [3.05, 3.63) is 65.3 Å². The molecule has 41 heavy (non-hydrogen) atoms. The largest absolute Gasteiger partial charge is 0.450 e. The molecule has 0 spiro atoms. The molecule has 0 bridgehead atoms. The summed E-state index contributed by atoms with van der Waals surface area (Å²) < 4.78 is 78.7. The zero-order valence-corrected chi connectivity index (χ0v) is 22.2. The molecule has 6 rings (SSSR count). The Morgan fingerprint density at radius 1 is 1.15 bits per heavy atom. The fourth-order valence-electron chi connectivity index (χ4n) is 4.91. The van der Waals surface area contributed by atoms with E-state index in [0.29, 0.717) is 23.3 Å². The Balaban J connectivity index is 1.28. The fraction of sp³-hybridized carbons (Fsp3) is 0.308. The lowest BCUT2D eigenvalue weighted by atomic mass is 10.0. The summed E-state index contributed by atoms with van der Waals surface area (Å²) in [5.41, 5.74) is 0.349. The quantitative estimate of drug-likeness (QED) is 0.227. The Hall–Kier alpha value is -4.04. The van der Waals surface area contributed by atoms with Gasteiger partial charge in [0, 0.05) is 38.1 Å². The second kappa shape index (κ2) is 10.1. The van der Waals surface area contributed by atoms with Crippen LogP contribution < -0.4 is 10.1 Å². The number of fused-ring (bicyclic) bond motifs is 2. The van der Waals surface area contributed by atoms with E-state index in [0.717, 1.165) is 6.07 Å². The maximum atomic E-state index is 14.0. The van der Waals surface area contributed by atoms with Crippen molar-refractivity contribution in [1.29, 1.82) is 0 Å². The fourth-order valence-corrected chi connectivity index (χ4v) is 5.21. The molecule has 9 nitrogen and oxygen atoms in total. The highest BCUT2D eigenvalue weighted by Crippen LogP contribution is 2.38. The summed E-state index contributed by atoms with van der Waals surface area (Å²) in [7, 11) is 1.63. The molecular formula is C26H22ClF5N8O. The van der Waals surface area contributed by atoms with Crippen LogP contribution in [0.15, 0.2) is 49.2 Å². The predicted octanol–water partition coefficient (Wildman–Crippen LogP) is 6.45. The van der Waals surface area contributed by atoms with Gasteiger partial charge in [-0.2, -0.15) is 23.3 Å². The minimum Gasteiger partial charge on any atom is -0.450 e. The third-order valence-corrected chi connectivity index (χ3v) is 7.22. The molecule has 0 amide bonds. The second-order valence-corrected chi connectivity index (χ2v) is 10.2. The van der Waals surface area contributed by atoms with Gasteiger partial charge < -0.3 is 14.6 Å². The number of piperidine rings is 1. The summed E-state index contributed by atoms with van der Waals surface area (Å²) >= 11 is 6.65. The number of nitrogens with zero attached hydrogens (tertiary/aromatic N) is 7. The first-order valence-corrected chi connectivity index (χ1v) is 12.9. The molecule has 1 saturated heterocycles. The van der Waals surface area contributed by atoms with Crippen LogP contribution in [-0.4, -0.2) is 53.0 Å². The van der Waals surface area contributed by atoms with Crippen molar-refractivity contribution in [3.8, 4) is 11.5 Å². The highest BCUT2D eigenvalue weighted by atomic mass is 35.5. The Labute approximate surface area is 234 Å². The van der Waals surface area contributed by atoms with Gasteiger partial charge in [0.15, 0.2) is 17.1 Å². The first-order valence-electron chi connectivity index (χ1n) is 12.5. The average molecular weight is 593 g/mol. The van der Waals surface area contributed by atoms with Gasteiger partial charge >= 0.3 is 6.18 Å². The van der Waals surface area contributed by atoms with Gasteiger partial charge in [0.05, 0.1) is 30.7 Å². The smallest absolute Gasteiger partial charge is 0.416 e. The van der Waals surface area contributed by atoms with Crippen LogP contribution in [0.25, 0.3) is 16.7 Å². The van der Waals surface area contributed by atoms with Crippen molar-refractivity contribution in [3.63, 3.8) is 0 Å². The van der Waals surface area contributed by atoms with E-state index in [1.165, 1.54) is 29.4 Å². The zero-order chi connectivity index (χ0) is 28.9. The van der Waals surface area contributed by atoms with Gasteiger partial charge in [0.1, 0.15) is 16.1 Å². The number of hydrogen-bond acceptors (Lipinski definition) is 7.